The van der Waals surface area contributed by atoms with Gasteiger partial charge in [-0.1, -0.05) is 23.7 Å². The van der Waals surface area contributed by atoms with Crippen LogP contribution in [0, 0.1) is 0 Å². The van der Waals surface area contributed by atoms with Crippen molar-refractivity contribution in [3.63, 3.8) is 0 Å². The number of carbonyl (C=O) groups excluding carboxylic acids is 1. The van der Waals surface area contributed by atoms with Gasteiger partial charge in [-0.25, -0.2) is 4.98 Å². The lowest BCUT2D eigenvalue weighted by molar-refractivity contribution is 0.0971. The first kappa shape index (κ1) is 17.9. The highest BCUT2D eigenvalue weighted by Crippen LogP contribution is 2.42. The van der Waals surface area contributed by atoms with E-state index in [1.165, 1.54) is 23.3 Å². The number of methoxy groups -OCH3 is 1. The van der Waals surface area contributed by atoms with Gasteiger partial charge >= 0.3 is 0 Å². The van der Waals surface area contributed by atoms with Crippen LogP contribution in [0.1, 0.15) is 27.7 Å². The lowest BCUT2D eigenvalue weighted by atomic mass is 9.99. The van der Waals surface area contributed by atoms with Crippen molar-refractivity contribution in [3.8, 4) is 5.75 Å². The Balaban J connectivity index is 1.82. The van der Waals surface area contributed by atoms with Gasteiger partial charge in [0.1, 0.15) is 11.3 Å². The van der Waals surface area contributed by atoms with E-state index in [9.17, 15) is 9.59 Å². The van der Waals surface area contributed by atoms with Gasteiger partial charge in [0, 0.05) is 22.7 Å². The second kappa shape index (κ2) is 6.72. The molecule has 29 heavy (non-hydrogen) atoms. The molecule has 8 heteroatoms. The third kappa shape index (κ3) is 2.73. The summed E-state index contributed by atoms with van der Waals surface area (Å²) in [6.07, 6.45) is 1.61. The maximum absolute atomic E-state index is 13.4. The quantitative estimate of drug-likeness (QED) is 0.478. The molecule has 1 atom stereocenters. The summed E-state index contributed by atoms with van der Waals surface area (Å²) in [5, 5.41) is 3.15. The van der Waals surface area contributed by atoms with Gasteiger partial charge in [-0.3, -0.25) is 14.5 Å². The molecule has 0 unspecified atom stereocenters. The molecule has 0 N–H and O–H groups in total. The summed E-state index contributed by atoms with van der Waals surface area (Å²) in [5.41, 5.74) is 1.03. The molecule has 1 aliphatic rings. The first-order valence-electron chi connectivity index (χ1n) is 8.71. The Kier molecular flexibility index (Phi) is 4.15. The Labute approximate surface area is 173 Å². The third-order valence-electron chi connectivity index (χ3n) is 4.87. The number of benzene rings is 2. The van der Waals surface area contributed by atoms with Gasteiger partial charge in [0.15, 0.2) is 10.6 Å². The van der Waals surface area contributed by atoms with E-state index in [0.717, 1.165) is 0 Å². The van der Waals surface area contributed by atoms with Crippen molar-refractivity contribution < 1.29 is 13.9 Å². The highest BCUT2D eigenvalue weighted by Gasteiger charge is 2.44. The molecule has 4 aromatic rings. The van der Waals surface area contributed by atoms with Gasteiger partial charge in [0.05, 0.1) is 24.1 Å². The minimum atomic E-state index is -0.676. The molecule has 0 spiro atoms. The van der Waals surface area contributed by atoms with Crippen molar-refractivity contribution in [2.24, 2.45) is 0 Å². The van der Waals surface area contributed by atoms with Crippen LogP contribution in [0.2, 0.25) is 5.02 Å². The Morgan fingerprint density at radius 1 is 1.21 bits per heavy atom. The summed E-state index contributed by atoms with van der Waals surface area (Å²) in [7, 11) is 1.52. The lowest BCUT2D eigenvalue weighted by Crippen LogP contribution is -2.29. The summed E-state index contributed by atoms with van der Waals surface area (Å²) in [6.45, 7) is 0. The summed E-state index contributed by atoms with van der Waals surface area (Å²) >= 11 is 7.51. The van der Waals surface area contributed by atoms with Crippen LogP contribution in [0.3, 0.4) is 0 Å². The molecule has 3 heterocycles. The van der Waals surface area contributed by atoms with Crippen molar-refractivity contribution in [1.82, 2.24) is 4.98 Å². The molecule has 5 rings (SSSR count). The number of hydrogen-bond donors (Lipinski definition) is 0. The zero-order valence-corrected chi connectivity index (χ0v) is 16.7. The molecule has 0 radical (unpaired) electrons. The van der Waals surface area contributed by atoms with Crippen molar-refractivity contribution in [3.05, 3.63) is 86.2 Å². The standard InChI is InChI=1S/C21H13ClN2O4S/c1-27-13-5-6-14-15(10-13)28-19-16(18(14)25)17(11-3-2-4-12(22)9-11)24(20(19)26)21-23-7-8-29-21/h2-10,17H,1H3/t17-/m0/s1. The van der Waals surface area contributed by atoms with Gasteiger partial charge < -0.3 is 9.15 Å². The largest absolute Gasteiger partial charge is 0.497 e. The van der Waals surface area contributed by atoms with E-state index in [4.69, 9.17) is 20.8 Å². The topological polar surface area (TPSA) is 72.6 Å². The Morgan fingerprint density at radius 3 is 2.79 bits per heavy atom. The minimum Gasteiger partial charge on any atom is -0.497 e. The predicted molar refractivity (Wildman–Crippen MR) is 111 cm³/mol. The van der Waals surface area contributed by atoms with Crippen LogP contribution in [-0.2, 0) is 0 Å². The molecule has 0 aliphatic carbocycles. The number of thiazole rings is 1. The van der Waals surface area contributed by atoms with Gasteiger partial charge in [-0.2, -0.15) is 0 Å². The fourth-order valence-corrected chi connectivity index (χ4v) is 4.47. The average molecular weight is 425 g/mol. The maximum Gasteiger partial charge on any atom is 0.297 e. The van der Waals surface area contributed by atoms with Crippen molar-refractivity contribution in [2.75, 3.05) is 12.0 Å². The zero-order valence-electron chi connectivity index (χ0n) is 15.1. The van der Waals surface area contributed by atoms with Crippen molar-refractivity contribution in [1.29, 1.82) is 0 Å². The van der Waals surface area contributed by atoms with E-state index in [1.807, 2.05) is 6.07 Å². The number of aromatic nitrogens is 1. The number of fused-ring (bicyclic) bond motifs is 2. The van der Waals surface area contributed by atoms with Crippen molar-refractivity contribution >= 4 is 44.9 Å². The number of nitrogens with zero attached hydrogens (tertiary/aromatic N) is 2. The molecule has 1 aliphatic heterocycles. The van der Waals surface area contributed by atoms with Gasteiger partial charge in [0.2, 0.25) is 5.76 Å². The molecule has 0 saturated heterocycles. The second-order valence-corrected chi connectivity index (χ2v) is 7.79. The first-order valence-corrected chi connectivity index (χ1v) is 9.97. The molecule has 6 nitrogen and oxygen atoms in total. The van der Waals surface area contributed by atoms with E-state index in [2.05, 4.69) is 4.98 Å². The van der Waals surface area contributed by atoms with Crippen LogP contribution in [0.15, 0.2) is 63.3 Å². The number of halogens is 1. The SMILES string of the molecule is COc1ccc2c(=O)c3c(oc2c1)C(=O)N(c1nccs1)[C@H]3c1cccc(Cl)c1. The maximum atomic E-state index is 13.4. The first-order chi connectivity index (χ1) is 14.1. The lowest BCUT2D eigenvalue weighted by Gasteiger charge is -2.22. The van der Waals surface area contributed by atoms with Crippen LogP contribution in [-0.4, -0.2) is 18.0 Å². The Bertz CT molecular complexity index is 1320. The number of hydrogen-bond acceptors (Lipinski definition) is 6. The Hall–Kier alpha value is -3.16. The molecular weight excluding hydrogens is 412 g/mol. The highest BCUT2D eigenvalue weighted by molar-refractivity contribution is 7.13. The van der Waals surface area contributed by atoms with Crippen molar-refractivity contribution in [2.45, 2.75) is 6.04 Å². The van der Waals surface area contributed by atoms with Gasteiger partial charge in [0.25, 0.3) is 5.91 Å². The van der Waals surface area contributed by atoms with Gasteiger partial charge in [-0.15, -0.1) is 11.3 Å². The van der Waals surface area contributed by atoms with E-state index in [0.29, 0.717) is 32.4 Å². The summed E-state index contributed by atoms with van der Waals surface area (Å²) in [4.78, 5) is 32.5. The third-order valence-corrected chi connectivity index (χ3v) is 5.87. The number of amides is 1. The molecule has 0 saturated carbocycles. The van der Waals surface area contributed by atoms with E-state index < -0.39 is 11.9 Å². The number of rotatable bonds is 3. The minimum absolute atomic E-state index is 0.0101. The van der Waals surface area contributed by atoms with Crippen LogP contribution in [0.5, 0.6) is 5.75 Å². The smallest absolute Gasteiger partial charge is 0.297 e. The normalized spacial score (nSPS) is 15.7. The number of ether oxygens (including phenoxy) is 1. The summed E-state index contributed by atoms with van der Waals surface area (Å²) in [6, 6.07) is 11.4. The molecule has 0 bridgehead atoms. The molecule has 144 valence electrons. The fourth-order valence-electron chi connectivity index (χ4n) is 3.60. The second-order valence-electron chi connectivity index (χ2n) is 6.48. The summed E-state index contributed by atoms with van der Waals surface area (Å²) in [5.74, 6) is 0.131. The van der Waals surface area contributed by atoms with Crippen LogP contribution >= 0.6 is 22.9 Å². The Morgan fingerprint density at radius 2 is 2.07 bits per heavy atom. The van der Waals surface area contributed by atoms with E-state index in [1.54, 1.807) is 48.0 Å². The average Bonchev–Trinajstić information content (AvgIpc) is 3.34. The highest BCUT2D eigenvalue weighted by atomic mass is 35.5. The van der Waals surface area contributed by atoms with E-state index >= 15 is 0 Å². The number of carbonyl (C=O) groups is 1. The monoisotopic (exact) mass is 424 g/mol. The fraction of sp³-hybridized carbons (Fsp3) is 0.0952. The zero-order chi connectivity index (χ0) is 20.1. The predicted octanol–water partition coefficient (Wildman–Crippen LogP) is 4.66. The molecular formula is C21H13ClN2O4S. The molecule has 2 aromatic heterocycles. The van der Waals surface area contributed by atoms with Crippen LogP contribution in [0.25, 0.3) is 11.0 Å². The molecule has 2 aromatic carbocycles. The molecule has 1 amide bonds. The molecule has 0 fully saturated rings. The summed E-state index contributed by atoms with van der Waals surface area (Å²) < 4.78 is 11.1. The van der Waals surface area contributed by atoms with Crippen LogP contribution in [0.4, 0.5) is 5.13 Å². The van der Waals surface area contributed by atoms with E-state index in [-0.39, 0.29) is 16.8 Å². The van der Waals surface area contributed by atoms with Crippen LogP contribution < -0.4 is 15.1 Å². The number of anilines is 1. The van der Waals surface area contributed by atoms with Gasteiger partial charge in [-0.05, 0) is 29.8 Å².